The summed E-state index contributed by atoms with van der Waals surface area (Å²) in [5.74, 6) is 1.75. The molecule has 0 bridgehead atoms. The molecule has 5 rings (SSSR count). The van der Waals surface area contributed by atoms with Crippen LogP contribution in [0.1, 0.15) is 43.2 Å². The van der Waals surface area contributed by atoms with E-state index in [0.717, 1.165) is 36.3 Å². The number of likely N-dealkylation sites (tertiary alicyclic amines) is 1. The number of hydrogen-bond acceptors (Lipinski definition) is 5. The first-order valence-electron chi connectivity index (χ1n) is 12.7. The molecular formula is C28H34N2O5. The first-order chi connectivity index (χ1) is 17.1. The Morgan fingerprint density at radius 3 is 2.49 bits per heavy atom. The molecule has 2 aromatic carbocycles. The molecular weight excluding hydrogens is 444 g/mol. The number of amides is 2. The summed E-state index contributed by atoms with van der Waals surface area (Å²) in [5.41, 5.74) is 2.16. The van der Waals surface area contributed by atoms with E-state index < -0.39 is 0 Å². The van der Waals surface area contributed by atoms with E-state index in [0.29, 0.717) is 52.1 Å². The Labute approximate surface area is 206 Å². The van der Waals surface area contributed by atoms with Crippen LogP contribution in [-0.2, 0) is 26.2 Å². The first-order valence-corrected chi connectivity index (χ1v) is 12.7. The van der Waals surface area contributed by atoms with E-state index >= 15 is 0 Å². The first kappa shape index (κ1) is 23.7. The van der Waals surface area contributed by atoms with Gasteiger partial charge < -0.3 is 24.4 Å². The Bertz CT molecular complexity index is 1030. The van der Waals surface area contributed by atoms with Crippen molar-refractivity contribution in [2.24, 2.45) is 5.92 Å². The predicted molar refractivity (Wildman–Crippen MR) is 131 cm³/mol. The summed E-state index contributed by atoms with van der Waals surface area (Å²) in [7, 11) is 0. The highest BCUT2D eigenvalue weighted by Gasteiger charge is 2.37. The average Bonchev–Trinajstić information content (AvgIpc) is 3.40. The lowest BCUT2D eigenvalue weighted by Gasteiger charge is -2.39. The minimum Gasteiger partial charge on any atom is -0.454 e. The fourth-order valence-corrected chi connectivity index (χ4v) is 5.40. The minimum absolute atomic E-state index is 0.0539. The van der Waals surface area contributed by atoms with Crippen LogP contribution in [0.2, 0.25) is 0 Å². The van der Waals surface area contributed by atoms with Crippen LogP contribution in [0.3, 0.4) is 0 Å². The van der Waals surface area contributed by atoms with Crippen molar-refractivity contribution in [1.29, 1.82) is 0 Å². The Morgan fingerprint density at radius 1 is 0.971 bits per heavy atom. The molecule has 2 saturated heterocycles. The third-order valence-corrected chi connectivity index (χ3v) is 7.72. The summed E-state index contributed by atoms with van der Waals surface area (Å²) < 4.78 is 16.7. The molecule has 1 N–H and O–H groups in total. The minimum atomic E-state index is -0.178. The molecule has 0 radical (unpaired) electrons. The number of fused-ring (bicyclic) bond motifs is 1. The number of benzene rings is 2. The van der Waals surface area contributed by atoms with Crippen LogP contribution in [0, 0.1) is 5.92 Å². The van der Waals surface area contributed by atoms with Crippen LogP contribution < -0.4 is 14.8 Å². The second-order valence-corrected chi connectivity index (χ2v) is 9.82. The molecule has 0 saturated carbocycles. The number of rotatable bonds is 7. The highest BCUT2D eigenvalue weighted by atomic mass is 16.7. The highest BCUT2D eigenvalue weighted by molar-refractivity contribution is 5.80. The standard InChI is InChI=1S/C28H34N2O5/c31-26(9-6-21-4-2-1-3-5-21)30-14-10-22(11-15-30)27(32)29-19-28(12-16-33-17-13-28)23-7-8-24-25(18-23)35-20-34-24/h1-5,7-8,18,22H,6,9-17,19-20H2,(H,29,32). The summed E-state index contributed by atoms with van der Waals surface area (Å²) in [5, 5.41) is 3.25. The summed E-state index contributed by atoms with van der Waals surface area (Å²) >= 11 is 0. The number of carbonyl (C=O) groups is 2. The third-order valence-electron chi connectivity index (χ3n) is 7.72. The Morgan fingerprint density at radius 2 is 1.71 bits per heavy atom. The van der Waals surface area contributed by atoms with Crippen LogP contribution in [-0.4, -0.2) is 56.4 Å². The molecule has 0 aliphatic carbocycles. The van der Waals surface area contributed by atoms with Gasteiger partial charge in [0.05, 0.1) is 0 Å². The van der Waals surface area contributed by atoms with E-state index in [4.69, 9.17) is 14.2 Å². The van der Waals surface area contributed by atoms with Gasteiger partial charge in [0.25, 0.3) is 0 Å². The highest BCUT2D eigenvalue weighted by Crippen LogP contribution is 2.40. The van der Waals surface area contributed by atoms with Gasteiger partial charge in [-0.1, -0.05) is 36.4 Å². The number of piperidine rings is 1. The SMILES string of the molecule is O=C(NCC1(c2ccc3c(c2)OCO3)CCOCC1)C1CCN(C(=O)CCc2ccccc2)CC1. The molecule has 3 aliphatic rings. The zero-order chi connectivity index (χ0) is 24.1. The van der Waals surface area contributed by atoms with Crippen molar-refractivity contribution in [1.82, 2.24) is 10.2 Å². The van der Waals surface area contributed by atoms with Crippen molar-refractivity contribution < 1.29 is 23.8 Å². The Kier molecular flexibility index (Phi) is 7.23. The largest absolute Gasteiger partial charge is 0.454 e. The van der Waals surface area contributed by atoms with E-state index in [-0.39, 0.29) is 29.9 Å². The normalized spacial score (nSPS) is 19.4. The van der Waals surface area contributed by atoms with E-state index in [9.17, 15) is 9.59 Å². The molecule has 7 nitrogen and oxygen atoms in total. The zero-order valence-corrected chi connectivity index (χ0v) is 20.2. The predicted octanol–water partition coefficient (Wildman–Crippen LogP) is 3.45. The third kappa shape index (κ3) is 5.45. The lowest BCUT2D eigenvalue weighted by molar-refractivity contribution is -0.135. The molecule has 2 fully saturated rings. The molecule has 2 aromatic rings. The summed E-state index contributed by atoms with van der Waals surface area (Å²) in [6, 6.07) is 16.2. The van der Waals surface area contributed by atoms with E-state index in [1.54, 1.807) is 0 Å². The van der Waals surface area contributed by atoms with Crippen molar-refractivity contribution in [2.75, 3.05) is 39.6 Å². The molecule has 0 atom stereocenters. The van der Waals surface area contributed by atoms with Crippen molar-refractivity contribution in [3.63, 3.8) is 0 Å². The van der Waals surface area contributed by atoms with Crippen molar-refractivity contribution in [2.45, 2.75) is 43.9 Å². The lowest BCUT2D eigenvalue weighted by Crippen LogP contribution is -2.48. The van der Waals surface area contributed by atoms with Gasteiger partial charge in [0.15, 0.2) is 11.5 Å². The summed E-state index contributed by atoms with van der Waals surface area (Å²) in [6.07, 6.45) is 4.39. The molecule has 3 heterocycles. The van der Waals surface area contributed by atoms with Crippen LogP contribution in [0.5, 0.6) is 11.5 Å². The molecule has 7 heteroatoms. The van der Waals surface area contributed by atoms with Crippen LogP contribution in [0.4, 0.5) is 0 Å². The second kappa shape index (κ2) is 10.7. The van der Waals surface area contributed by atoms with Crippen molar-refractivity contribution >= 4 is 11.8 Å². The Hall–Kier alpha value is -3.06. The van der Waals surface area contributed by atoms with Gasteiger partial charge in [-0.2, -0.15) is 0 Å². The van der Waals surface area contributed by atoms with Gasteiger partial charge in [0.1, 0.15) is 0 Å². The van der Waals surface area contributed by atoms with E-state index in [1.807, 2.05) is 29.2 Å². The molecule has 0 unspecified atom stereocenters. The zero-order valence-electron chi connectivity index (χ0n) is 20.2. The molecule has 35 heavy (non-hydrogen) atoms. The number of ether oxygens (including phenoxy) is 3. The van der Waals surface area contributed by atoms with Gasteiger partial charge in [-0.15, -0.1) is 0 Å². The smallest absolute Gasteiger partial charge is 0.231 e. The maximum absolute atomic E-state index is 13.1. The fourth-order valence-electron chi connectivity index (χ4n) is 5.40. The molecule has 186 valence electrons. The maximum Gasteiger partial charge on any atom is 0.231 e. The number of nitrogens with one attached hydrogen (secondary N) is 1. The fraction of sp³-hybridized carbons (Fsp3) is 0.500. The topological polar surface area (TPSA) is 77.1 Å². The van der Waals surface area contributed by atoms with E-state index in [1.165, 1.54) is 5.56 Å². The molecule has 2 amide bonds. The second-order valence-electron chi connectivity index (χ2n) is 9.82. The summed E-state index contributed by atoms with van der Waals surface area (Å²) in [6.45, 7) is 3.46. The van der Waals surface area contributed by atoms with Crippen LogP contribution >= 0.6 is 0 Å². The molecule has 3 aliphatic heterocycles. The average molecular weight is 479 g/mol. The number of hydrogen-bond donors (Lipinski definition) is 1. The number of nitrogens with zero attached hydrogens (tertiary/aromatic N) is 1. The van der Waals surface area contributed by atoms with Gasteiger partial charge in [0.2, 0.25) is 18.6 Å². The van der Waals surface area contributed by atoms with Crippen molar-refractivity contribution in [3.05, 3.63) is 59.7 Å². The Balaban J connectivity index is 1.13. The summed E-state index contributed by atoms with van der Waals surface area (Å²) in [4.78, 5) is 27.7. The van der Waals surface area contributed by atoms with Gasteiger partial charge in [0, 0.05) is 50.6 Å². The number of carbonyl (C=O) groups excluding carboxylic acids is 2. The molecule has 0 spiro atoms. The quantitative estimate of drug-likeness (QED) is 0.660. The number of aryl methyl sites for hydroxylation is 1. The van der Waals surface area contributed by atoms with Gasteiger partial charge in [-0.25, -0.2) is 0 Å². The van der Waals surface area contributed by atoms with Crippen molar-refractivity contribution in [3.8, 4) is 11.5 Å². The van der Waals surface area contributed by atoms with Gasteiger partial charge >= 0.3 is 0 Å². The van der Waals surface area contributed by atoms with Gasteiger partial charge in [-0.3, -0.25) is 9.59 Å². The van der Waals surface area contributed by atoms with E-state index in [2.05, 4.69) is 29.6 Å². The van der Waals surface area contributed by atoms with Gasteiger partial charge in [-0.05, 0) is 55.4 Å². The monoisotopic (exact) mass is 478 g/mol. The van der Waals surface area contributed by atoms with Crippen LogP contribution in [0.25, 0.3) is 0 Å². The lowest BCUT2D eigenvalue weighted by atomic mass is 9.74. The molecule has 0 aromatic heterocycles. The van der Waals surface area contributed by atoms with Crippen LogP contribution in [0.15, 0.2) is 48.5 Å². The maximum atomic E-state index is 13.1.